The number of aromatic nitrogens is 2. The van der Waals surface area contributed by atoms with Crippen LogP contribution in [0.1, 0.15) is 20.3 Å². The van der Waals surface area contributed by atoms with Gasteiger partial charge in [-0.15, -0.1) is 11.8 Å². The van der Waals surface area contributed by atoms with Crippen LogP contribution in [-0.4, -0.2) is 33.7 Å². The first-order chi connectivity index (χ1) is 12.1. The van der Waals surface area contributed by atoms with E-state index in [1.54, 1.807) is 32.2 Å². The molecule has 0 aliphatic carbocycles. The molecule has 0 saturated heterocycles. The third-order valence-electron chi connectivity index (χ3n) is 3.67. The van der Waals surface area contributed by atoms with E-state index in [9.17, 15) is 13.6 Å². The number of hydrogen-bond acceptors (Lipinski definition) is 5. The van der Waals surface area contributed by atoms with Crippen molar-refractivity contribution in [3.8, 4) is 17.0 Å². The normalized spacial score (nSPS) is 11.8. The monoisotopic (exact) mass is 385 g/mol. The highest BCUT2D eigenvalue weighted by Crippen LogP contribution is 2.37. The molecule has 1 heterocycles. The molecule has 0 aliphatic rings. The number of nitrogens with two attached hydrogens (primary N) is 1. The van der Waals surface area contributed by atoms with Crippen molar-refractivity contribution < 1.29 is 23.4 Å². The third kappa shape index (κ3) is 5.10. The number of anilines is 1. The molecule has 0 spiro atoms. The molecule has 0 unspecified atom stereocenters. The van der Waals surface area contributed by atoms with Crippen molar-refractivity contribution >= 4 is 23.4 Å². The Hall–Kier alpha value is -2.29. The molecular weight excluding hydrogens is 364 g/mol. The zero-order valence-electron chi connectivity index (χ0n) is 14.7. The second kappa shape index (κ2) is 7.94. The van der Waals surface area contributed by atoms with Crippen molar-refractivity contribution in [2.24, 2.45) is 5.41 Å². The largest absolute Gasteiger partial charge is 0.481 e. The van der Waals surface area contributed by atoms with Crippen molar-refractivity contribution in [3.05, 3.63) is 24.4 Å². The van der Waals surface area contributed by atoms with E-state index in [1.807, 2.05) is 6.26 Å². The van der Waals surface area contributed by atoms with Gasteiger partial charge in [0.05, 0.1) is 12.1 Å². The van der Waals surface area contributed by atoms with Crippen molar-refractivity contribution in [3.63, 3.8) is 0 Å². The summed E-state index contributed by atoms with van der Waals surface area (Å²) in [5.41, 5.74) is 6.47. The zero-order chi connectivity index (χ0) is 19.5. The first-order valence-electron chi connectivity index (χ1n) is 7.79. The summed E-state index contributed by atoms with van der Waals surface area (Å²) in [7, 11) is 0. The summed E-state index contributed by atoms with van der Waals surface area (Å²) in [5, 5.41) is 13.4. The molecule has 2 aromatic rings. The number of thioether (sulfide) groups is 1. The van der Waals surface area contributed by atoms with E-state index in [4.69, 9.17) is 10.8 Å². The van der Waals surface area contributed by atoms with E-state index in [1.165, 1.54) is 22.5 Å². The van der Waals surface area contributed by atoms with Gasteiger partial charge in [-0.3, -0.25) is 9.48 Å². The Morgan fingerprint density at radius 1 is 1.46 bits per heavy atom. The van der Waals surface area contributed by atoms with Gasteiger partial charge in [-0.25, -0.2) is 0 Å². The molecule has 1 aromatic carbocycles. The van der Waals surface area contributed by atoms with Crippen molar-refractivity contribution in [1.82, 2.24) is 9.78 Å². The second-order valence-electron chi connectivity index (χ2n) is 6.61. The van der Waals surface area contributed by atoms with Crippen LogP contribution in [0.5, 0.6) is 5.75 Å². The Morgan fingerprint density at radius 3 is 2.73 bits per heavy atom. The minimum absolute atomic E-state index is 0.0143. The Kier molecular flexibility index (Phi) is 6.12. The summed E-state index contributed by atoms with van der Waals surface area (Å²) in [6.45, 7) is 0.958. The Labute approximate surface area is 154 Å². The number of carbonyl (C=O) groups is 1. The Balaban J connectivity index is 2.40. The third-order valence-corrected chi connectivity index (χ3v) is 4.39. The maximum Gasteiger partial charge on any atom is 0.387 e. The van der Waals surface area contributed by atoms with Gasteiger partial charge < -0.3 is 15.6 Å². The average Bonchev–Trinajstić information content (AvgIpc) is 2.85. The van der Waals surface area contributed by atoms with E-state index < -0.39 is 18.0 Å². The number of rotatable bonds is 8. The Bertz CT molecular complexity index is 794. The van der Waals surface area contributed by atoms with Crippen LogP contribution >= 0.6 is 11.8 Å². The maximum atomic E-state index is 12.7. The molecule has 0 fully saturated rings. The molecular formula is C17H21F2N3O3S. The molecule has 6 nitrogen and oxygen atoms in total. The number of ether oxygens (including phenoxy) is 1. The number of aliphatic carboxylic acids is 1. The lowest BCUT2D eigenvalue weighted by Crippen LogP contribution is -2.23. The highest BCUT2D eigenvalue weighted by atomic mass is 32.2. The van der Waals surface area contributed by atoms with Gasteiger partial charge in [-0.2, -0.15) is 13.9 Å². The first-order valence-corrected chi connectivity index (χ1v) is 9.02. The van der Waals surface area contributed by atoms with E-state index in [0.29, 0.717) is 23.5 Å². The van der Waals surface area contributed by atoms with Gasteiger partial charge in [0.25, 0.3) is 0 Å². The van der Waals surface area contributed by atoms with Crippen molar-refractivity contribution in [1.29, 1.82) is 0 Å². The molecule has 0 saturated carbocycles. The topological polar surface area (TPSA) is 90.4 Å². The Morgan fingerprint density at radius 2 is 2.15 bits per heavy atom. The fraction of sp³-hybridized carbons (Fsp3) is 0.412. The van der Waals surface area contributed by atoms with Gasteiger partial charge in [-0.05, 0) is 29.9 Å². The van der Waals surface area contributed by atoms with E-state index >= 15 is 0 Å². The van der Waals surface area contributed by atoms with Gasteiger partial charge in [0.2, 0.25) is 0 Å². The number of carboxylic acids is 1. The minimum atomic E-state index is -2.97. The van der Waals surface area contributed by atoms with E-state index in [0.717, 1.165) is 4.90 Å². The summed E-state index contributed by atoms with van der Waals surface area (Å²) in [6, 6.07) is 4.82. The number of nitrogen functional groups attached to an aromatic ring is 1. The lowest BCUT2D eigenvalue weighted by Gasteiger charge is -2.22. The number of halogens is 2. The average molecular weight is 385 g/mol. The van der Waals surface area contributed by atoms with Crippen LogP contribution in [-0.2, 0) is 11.3 Å². The van der Waals surface area contributed by atoms with Crippen LogP contribution in [0.4, 0.5) is 14.5 Å². The highest BCUT2D eigenvalue weighted by Gasteiger charge is 2.24. The fourth-order valence-electron chi connectivity index (χ4n) is 2.65. The summed E-state index contributed by atoms with van der Waals surface area (Å²) in [6.07, 6.45) is 3.39. The highest BCUT2D eigenvalue weighted by molar-refractivity contribution is 7.98. The molecule has 0 atom stereocenters. The van der Waals surface area contributed by atoms with Gasteiger partial charge in [0, 0.05) is 23.2 Å². The quantitative estimate of drug-likeness (QED) is 0.669. The smallest absolute Gasteiger partial charge is 0.387 e. The lowest BCUT2D eigenvalue weighted by molar-refractivity contribution is -0.139. The van der Waals surface area contributed by atoms with Crippen LogP contribution in [0.2, 0.25) is 0 Å². The molecule has 0 radical (unpaired) electrons. The predicted octanol–water partition coefficient (Wildman–Crippen LogP) is 3.96. The van der Waals surface area contributed by atoms with Crippen LogP contribution < -0.4 is 10.5 Å². The molecule has 1 aromatic heterocycles. The molecule has 0 aliphatic heterocycles. The number of alkyl halides is 2. The molecule has 2 rings (SSSR count). The molecule has 142 valence electrons. The number of carboxylic acid groups (broad SMARTS) is 1. The van der Waals surface area contributed by atoms with Crippen molar-refractivity contribution in [2.75, 3.05) is 12.0 Å². The second-order valence-corrected chi connectivity index (χ2v) is 7.49. The minimum Gasteiger partial charge on any atom is -0.481 e. The fourth-order valence-corrected chi connectivity index (χ4v) is 3.09. The van der Waals surface area contributed by atoms with E-state index in [-0.39, 0.29) is 12.2 Å². The van der Waals surface area contributed by atoms with Gasteiger partial charge >= 0.3 is 12.6 Å². The molecule has 26 heavy (non-hydrogen) atoms. The van der Waals surface area contributed by atoms with Crippen LogP contribution in [0.3, 0.4) is 0 Å². The van der Waals surface area contributed by atoms with Crippen LogP contribution in [0.15, 0.2) is 29.3 Å². The summed E-state index contributed by atoms with van der Waals surface area (Å²) < 4.78 is 31.5. The SMILES string of the molecule is CSc1ccc(OC(F)F)c(-c2nn(CC(C)(C)CC(=O)O)cc2N)c1. The number of hydrogen-bond donors (Lipinski definition) is 2. The van der Waals surface area contributed by atoms with Crippen molar-refractivity contribution in [2.45, 2.75) is 38.3 Å². The van der Waals surface area contributed by atoms with Gasteiger partial charge in [0.1, 0.15) is 11.4 Å². The number of benzene rings is 1. The summed E-state index contributed by atoms with van der Waals surface area (Å²) >= 11 is 1.45. The molecule has 0 bridgehead atoms. The van der Waals surface area contributed by atoms with Crippen LogP contribution in [0, 0.1) is 5.41 Å². The summed E-state index contributed by atoms with van der Waals surface area (Å²) in [5.74, 6) is -0.921. The van der Waals surface area contributed by atoms with Gasteiger partial charge in [0.15, 0.2) is 0 Å². The predicted molar refractivity (Wildman–Crippen MR) is 96.5 cm³/mol. The maximum absolute atomic E-state index is 12.7. The first kappa shape index (κ1) is 20.0. The number of nitrogens with zero attached hydrogens (tertiary/aromatic N) is 2. The van der Waals surface area contributed by atoms with E-state index in [2.05, 4.69) is 9.84 Å². The molecule has 9 heteroatoms. The standard InChI is InChI=1S/C17H21F2N3O3S/c1-17(2,7-14(23)24)9-22-8-12(20)15(21-22)11-6-10(26-3)4-5-13(11)25-16(18)19/h4-6,8,16H,7,9,20H2,1-3H3,(H,23,24). The molecule has 3 N–H and O–H groups in total. The van der Waals surface area contributed by atoms with Gasteiger partial charge in [-0.1, -0.05) is 13.8 Å². The summed E-state index contributed by atoms with van der Waals surface area (Å²) in [4.78, 5) is 11.8. The molecule has 0 amide bonds. The van der Waals surface area contributed by atoms with Crippen LogP contribution in [0.25, 0.3) is 11.3 Å². The zero-order valence-corrected chi connectivity index (χ0v) is 15.5. The lowest BCUT2D eigenvalue weighted by atomic mass is 9.89.